The highest BCUT2D eigenvalue weighted by Gasteiger charge is 2.60. The first-order valence-corrected chi connectivity index (χ1v) is 8.62. The van der Waals surface area contributed by atoms with E-state index < -0.39 is 0 Å². The number of hydrogen-bond acceptors (Lipinski definition) is 5. The van der Waals surface area contributed by atoms with E-state index in [1.54, 1.807) is 11.3 Å². The van der Waals surface area contributed by atoms with Crippen LogP contribution in [-0.4, -0.2) is 16.0 Å². The minimum atomic E-state index is 0.0108. The van der Waals surface area contributed by atoms with Gasteiger partial charge in [0.25, 0.3) is 0 Å². The first-order chi connectivity index (χ1) is 10.9. The number of rotatable bonds is 5. The fourth-order valence-electron chi connectivity index (χ4n) is 2.96. The smallest absolute Gasteiger partial charge is 0.246 e. The second-order valence-electron chi connectivity index (χ2n) is 6.81. The Bertz CT molecular complexity index is 727. The molecule has 122 valence electrons. The third-order valence-electron chi connectivity index (χ3n) is 4.37. The lowest BCUT2D eigenvalue weighted by molar-refractivity contribution is -0.123. The monoisotopic (exact) mass is 331 g/mol. The number of aromatic nitrogens is 2. The van der Waals surface area contributed by atoms with Crippen LogP contribution >= 0.6 is 11.3 Å². The summed E-state index contributed by atoms with van der Waals surface area (Å²) in [6.07, 6.45) is 2.19. The van der Waals surface area contributed by atoms with E-state index in [0.717, 1.165) is 5.56 Å². The summed E-state index contributed by atoms with van der Waals surface area (Å²) in [4.78, 5) is 16.7. The van der Waals surface area contributed by atoms with Crippen molar-refractivity contribution in [2.24, 2.45) is 17.3 Å². The van der Waals surface area contributed by atoms with Crippen LogP contribution in [-0.2, 0) is 11.3 Å². The molecule has 2 aromatic rings. The van der Waals surface area contributed by atoms with Gasteiger partial charge < -0.3 is 9.84 Å². The average molecular weight is 331 g/mol. The molecule has 3 rings (SSSR count). The summed E-state index contributed by atoms with van der Waals surface area (Å²) in [5.74, 6) is 1.35. The Morgan fingerprint density at radius 1 is 1.48 bits per heavy atom. The molecule has 5 nitrogen and oxygen atoms in total. The average Bonchev–Trinajstić information content (AvgIpc) is 2.96. The minimum Gasteiger partial charge on any atom is -0.347 e. The molecule has 1 aliphatic rings. The fraction of sp³-hybridized carbons (Fsp3) is 0.471. The second-order valence-corrected chi connectivity index (χ2v) is 7.59. The van der Waals surface area contributed by atoms with Crippen molar-refractivity contribution in [3.8, 4) is 11.4 Å². The van der Waals surface area contributed by atoms with E-state index in [-0.39, 0.29) is 23.8 Å². The maximum atomic E-state index is 12.4. The van der Waals surface area contributed by atoms with Crippen molar-refractivity contribution in [1.82, 2.24) is 15.5 Å². The van der Waals surface area contributed by atoms with Gasteiger partial charge in [0.2, 0.25) is 17.6 Å². The van der Waals surface area contributed by atoms with E-state index in [0.29, 0.717) is 17.6 Å². The zero-order valence-electron chi connectivity index (χ0n) is 13.8. The Labute approximate surface area is 139 Å². The molecule has 6 heteroatoms. The molecular formula is C17H21N3O2S. The van der Waals surface area contributed by atoms with Crippen molar-refractivity contribution in [3.05, 3.63) is 34.4 Å². The molecule has 0 bridgehead atoms. The van der Waals surface area contributed by atoms with Gasteiger partial charge in [0.05, 0.1) is 12.5 Å². The van der Waals surface area contributed by atoms with Crippen molar-refractivity contribution in [1.29, 1.82) is 0 Å². The predicted molar refractivity (Wildman–Crippen MR) is 89.6 cm³/mol. The number of carbonyl (C=O) groups is 1. The van der Waals surface area contributed by atoms with Crippen LogP contribution < -0.4 is 5.32 Å². The topological polar surface area (TPSA) is 68.0 Å². The second kappa shape index (κ2) is 5.92. The molecule has 23 heavy (non-hydrogen) atoms. The normalized spacial score (nSPS) is 21.7. The first kappa shape index (κ1) is 15.9. The van der Waals surface area contributed by atoms with E-state index >= 15 is 0 Å². The van der Waals surface area contributed by atoms with Gasteiger partial charge in [0.15, 0.2) is 0 Å². The molecule has 1 fully saturated rings. The lowest BCUT2D eigenvalue weighted by Gasteiger charge is -2.03. The Kier molecular flexibility index (Phi) is 4.10. The molecule has 1 N–H and O–H groups in total. The van der Waals surface area contributed by atoms with Crippen LogP contribution in [0.3, 0.4) is 0 Å². The lowest BCUT2D eigenvalue weighted by Crippen LogP contribution is -2.26. The molecule has 1 saturated carbocycles. The quantitative estimate of drug-likeness (QED) is 0.849. The largest absolute Gasteiger partial charge is 0.347 e. The number of hydrogen-bond donors (Lipinski definition) is 1. The zero-order chi connectivity index (χ0) is 16.6. The van der Waals surface area contributed by atoms with Crippen LogP contribution in [0.4, 0.5) is 0 Å². The van der Waals surface area contributed by atoms with E-state index in [1.165, 1.54) is 5.57 Å². The molecule has 0 unspecified atom stereocenters. The van der Waals surface area contributed by atoms with Crippen LogP contribution in [0.25, 0.3) is 11.4 Å². The van der Waals surface area contributed by atoms with Crippen LogP contribution in [0.2, 0.25) is 0 Å². The van der Waals surface area contributed by atoms with Crippen molar-refractivity contribution in [2.75, 3.05) is 0 Å². The Morgan fingerprint density at radius 3 is 2.91 bits per heavy atom. The van der Waals surface area contributed by atoms with Crippen molar-refractivity contribution in [2.45, 2.75) is 34.2 Å². The molecule has 1 aliphatic carbocycles. The summed E-state index contributed by atoms with van der Waals surface area (Å²) in [7, 11) is 0. The maximum absolute atomic E-state index is 12.4. The highest BCUT2D eigenvalue weighted by Crippen LogP contribution is 2.59. The van der Waals surface area contributed by atoms with Crippen molar-refractivity contribution in [3.63, 3.8) is 0 Å². The lowest BCUT2D eigenvalue weighted by atomic mass is 10.1. The van der Waals surface area contributed by atoms with Crippen LogP contribution in [0.1, 0.15) is 33.6 Å². The van der Waals surface area contributed by atoms with Crippen molar-refractivity contribution >= 4 is 17.2 Å². The van der Waals surface area contributed by atoms with Gasteiger partial charge in [0, 0.05) is 10.9 Å². The molecule has 0 radical (unpaired) electrons. The number of nitrogens with one attached hydrogen (secondary N) is 1. The van der Waals surface area contributed by atoms with E-state index in [9.17, 15) is 4.79 Å². The highest BCUT2D eigenvalue weighted by molar-refractivity contribution is 7.08. The number of amides is 1. The fourth-order valence-corrected chi connectivity index (χ4v) is 3.59. The Balaban J connectivity index is 1.59. The Morgan fingerprint density at radius 2 is 2.26 bits per heavy atom. The number of allylic oxidation sites excluding steroid dienone is 2. The van der Waals surface area contributed by atoms with Crippen LogP contribution in [0.15, 0.2) is 33.0 Å². The van der Waals surface area contributed by atoms with Gasteiger partial charge in [-0.15, -0.1) is 0 Å². The summed E-state index contributed by atoms with van der Waals surface area (Å²) in [6, 6.07) is 1.94. The van der Waals surface area contributed by atoms with Crippen LogP contribution in [0, 0.1) is 17.3 Å². The number of thiophene rings is 1. The minimum absolute atomic E-state index is 0.0108. The molecule has 2 heterocycles. The number of nitrogens with zero attached hydrogens (tertiary/aromatic N) is 2. The molecule has 0 spiro atoms. The van der Waals surface area contributed by atoms with Gasteiger partial charge in [-0.3, -0.25) is 4.79 Å². The SMILES string of the molecule is CC(C)=C[C@@H]1[C@H](C(=O)NCc2nc(-c3ccsc3)no2)C1(C)C. The molecule has 1 amide bonds. The molecular weight excluding hydrogens is 310 g/mol. The summed E-state index contributed by atoms with van der Waals surface area (Å²) >= 11 is 1.58. The summed E-state index contributed by atoms with van der Waals surface area (Å²) in [5, 5.41) is 10.8. The van der Waals surface area contributed by atoms with Crippen molar-refractivity contribution < 1.29 is 9.32 Å². The third-order valence-corrected chi connectivity index (χ3v) is 5.05. The summed E-state index contributed by atoms with van der Waals surface area (Å²) in [6.45, 7) is 8.65. The van der Waals surface area contributed by atoms with Gasteiger partial charge >= 0.3 is 0 Å². The standard InChI is InChI=1S/C17H21N3O2S/c1-10(2)7-12-14(17(12,3)4)16(21)18-8-13-19-15(20-22-13)11-5-6-23-9-11/h5-7,9,12,14H,8H2,1-4H3,(H,18,21)/t12-,14-/m1/s1. The number of carbonyl (C=O) groups excluding carboxylic acids is 1. The van der Waals surface area contributed by atoms with E-state index in [4.69, 9.17) is 4.52 Å². The highest BCUT2D eigenvalue weighted by atomic mass is 32.1. The Hall–Kier alpha value is -1.95. The van der Waals surface area contributed by atoms with Gasteiger partial charge in [-0.25, -0.2) is 0 Å². The zero-order valence-corrected chi connectivity index (χ0v) is 14.6. The molecule has 0 saturated heterocycles. The maximum Gasteiger partial charge on any atom is 0.246 e. The molecule has 2 atom stereocenters. The van der Waals surface area contributed by atoms with Gasteiger partial charge in [0.1, 0.15) is 0 Å². The summed E-state index contributed by atoms with van der Waals surface area (Å²) < 4.78 is 5.20. The van der Waals surface area contributed by atoms with Gasteiger partial charge in [-0.1, -0.05) is 30.7 Å². The molecule has 0 aromatic carbocycles. The third kappa shape index (κ3) is 3.22. The van der Waals surface area contributed by atoms with Crippen LogP contribution in [0.5, 0.6) is 0 Å². The van der Waals surface area contributed by atoms with E-state index in [1.807, 2.05) is 16.8 Å². The molecule has 0 aliphatic heterocycles. The molecule has 2 aromatic heterocycles. The van der Waals surface area contributed by atoms with Gasteiger partial charge in [-0.05, 0) is 36.6 Å². The first-order valence-electron chi connectivity index (χ1n) is 7.67. The predicted octanol–water partition coefficient (Wildman–Crippen LogP) is 3.65. The van der Waals surface area contributed by atoms with E-state index in [2.05, 4.69) is 49.2 Å². The summed E-state index contributed by atoms with van der Waals surface area (Å²) in [5.41, 5.74) is 2.19. The van der Waals surface area contributed by atoms with Gasteiger partial charge in [-0.2, -0.15) is 16.3 Å².